The molecule has 0 bridgehead atoms. The molecule has 0 aromatic heterocycles. The van der Waals surface area contributed by atoms with Crippen molar-refractivity contribution in [2.24, 2.45) is 0 Å². The largest absolute Gasteiger partial charge is 0.454 e. The molecule has 7 aromatic rings. The maximum atomic E-state index is 6.35. The maximum absolute atomic E-state index is 6.35. The van der Waals surface area contributed by atoms with Crippen LogP contribution in [0.4, 0.5) is 34.1 Å². The first kappa shape index (κ1) is 37.2. The highest BCUT2D eigenvalue weighted by molar-refractivity contribution is 7.00. The first-order valence-electron chi connectivity index (χ1n) is 21.9. The van der Waals surface area contributed by atoms with Gasteiger partial charge in [0.2, 0.25) is 13.6 Å². The number of fused-ring (bicyclic) bond motifs is 9. The predicted octanol–water partition coefficient (Wildman–Crippen LogP) is 11.8. The summed E-state index contributed by atoms with van der Waals surface area (Å²) in [5.74, 6) is 3.01. The number of nitrogens with zero attached hydrogens (tertiary/aromatic N) is 2. The summed E-state index contributed by atoms with van der Waals surface area (Å²) in [5.41, 5.74) is 20.0. The highest BCUT2D eigenvalue weighted by Gasteiger charge is 2.46. The summed E-state index contributed by atoms with van der Waals surface area (Å²) >= 11 is 0. The van der Waals surface area contributed by atoms with Gasteiger partial charge < -0.3 is 28.7 Å². The van der Waals surface area contributed by atoms with Crippen LogP contribution in [0.2, 0.25) is 0 Å². The van der Waals surface area contributed by atoms with E-state index in [0.717, 1.165) is 62.7 Å². The summed E-state index contributed by atoms with van der Waals surface area (Å²) in [6.07, 6.45) is 0. The molecule has 0 spiro atoms. The molecule has 0 saturated heterocycles. The topological polar surface area (TPSA) is 43.4 Å². The average molecular weight is 813 g/mol. The van der Waals surface area contributed by atoms with Crippen LogP contribution in [0.5, 0.6) is 23.0 Å². The molecule has 0 radical (unpaired) electrons. The van der Waals surface area contributed by atoms with E-state index in [2.05, 4.69) is 180 Å². The minimum absolute atomic E-state index is 0.0719. The van der Waals surface area contributed by atoms with Crippen LogP contribution in [0.15, 0.2) is 127 Å². The molecule has 4 aliphatic heterocycles. The third-order valence-corrected chi connectivity index (χ3v) is 13.9. The third-order valence-electron chi connectivity index (χ3n) is 13.9. The van der Waals surface area contributed by atoms with Crippen molar-refractivity contribution >= 4 is 57.2 Å². The van der Waals surface area contributed by atoms with Gasteiger partial charge in [-0.3, -0.25) is 0 Å². The highest BCUT2D eigenvalue weighted by Crippen LogP contribution is 2.54. The van der Waals surface area contributed by atoms with Crippen molar-refractivity contribution in [2.75, 3.05) is 23.4 Å². The molecular weight excluding hydrogens is 763 g/mol. The Hall–Kier alpha value is -6.60. The molecule has 5 aliphatic rings. The highest BCUT2D eigenvalue weighted by atomic mass is 16.7. The van der Waals surface area contributed by atoms with E-state index in [1.54, 1.807) is 0 Å². The lowest BCUT2D eigenvalue weighted by Gasteiger charge is -2.45. The van der Waals surface area contributed by atoms with Crippen molar-refractivity contribution in [1.82, 2.24) is 0 Å². The molecule has 0 saturated carbocycles. The molecule has 1 aliphatic carbocycles. The molecular formula is C55H49BN2O4. The van der Waals surface area contributed by atoms with Crippen molar-refractivity contribution in [3.63, 3.8) is 0 Å². The van der Waals surface area contributed by atoms with Crippen LogP contribution in [-0.2, 0) is 16.2 Å². The van der Waals surface area contributed by atoms with Gasteiger partial charge >= 0.3 is 0 Å². The summed E-state index contributed by atoms with van der Waals surface area (Å²) in [6, 6.07) is 47.5. The second kappa shape index (κ2) is 12.7. The van der Waals surface area contributed by atoms with Crippen LogP contribution in [0.3, 0.4) is 0 Å². The lowest BCUT2D eigenvalue weighted by molar-refractivity contribution is 0.174. The Morgan fingerprint density at radius 2 is 1.00 bits per heavy atom. The Labute approximate surface area is 364 Å². The quantitative estimate of drug-likeness (QED) is 0.166. The smallest absolute Gasteiger partial charge is 0.252 e. The fourth-order valence-electron chi connectivity index (χ4n) is 10.7. The van der Waals surface area contributed by atoms with E-state index < -0.39 is 0 Å². The van der Waals surface area contributed by atoms with Crippen molar-refractivity contribution in [1.29, 1.82) is 0 Å². The molecule has 62 heavy (non-hydrogen) atoms. The van der Waals surface area contributed by atoms with Crippen molar-refractivity contribution in [3.05, 3.63) is 150 Å². The number of rotatable bonds is 3. The number of para-hydroxylation sites is 2. The SMILES string of the molecule is CC(C)(C)c1ccc2c(c1)B1c3cc(C(C)(C)C)ccc3N(c3cccc4c3OCO4)c3cc(-c4ccc5c(c4)C(C)(C)c4ccccc4-5)cc(c31)N2c1cccc2c1OCO2. The van der Waals surface area contributed by atoms with E-state index in [1.807, 2.05) is 12.1 Å². The van der Waals surface area contributed by atoms with E-state index in [-0.39, 0.29) is 36.5 Å². The summed E-state index contributed by atoms with van der Waals surface area (Å²) < 4.78 is 24.8. The zero-order chi connectivity index (χ0) is 42.4. The first-order chi connectivity index (χ1) is 29.8. The molecule has 6 nitrogen and oxygen atoms in total. The van der Waals surface area contributed by atoms with Gasteiger partial charge in [-0.25, -0.2) is 0 Å². The number of benzene rings is 7. The van der Waals surface area contributed by atoms with Gasteiger partial charge in [-0.05, 0) is 126 Å². The summed E-state index contributed by atoms with van der Waals surface area (Å²) in [4.78, 5) is 4.88. The van der Waals surface area contributed by atoms with Crippen LogP contribution in [0.25, 0.3) is 22.3 Å². The van der Waals surface area contributed by atoms with E-state index in [0.29, 0.717) is 0 Å². The lowest BCUT2D eigenvalue weighted by atomic mass is 9.33. The normalized spacial score (nSPS) is 15.8. The standard InChI is InChI=1S/C55H49BN2O4/c1-53(2,3)34-20-23-42-40(28-34)56-41-29-35(54(4,5)6)21-24-43(41)58(45-16-12-18-49-52(45)62-31-60-49)47-27-33(26-46(50(47)56)57(42)44-15-11-17-48-51(44)61-30-59-48)32-19-22-37-36-13-9-10-14-38(36)55(7,8)39(37)25-32/h9-29H,30-31H2,1-8H3. The maximum Gasteiger partial charge on any atom is 0.252 e. The zero-order valence-corrected chi connectivity index (χ0v) is 36.6. The molecule has 4 heterocycles. The van der Waals surface area contributed by atoms with Crippen LogP contribution in [0.1, 0.15) is 77.6 Å². The molecule has 0 amide bonds. The van der Waals surface area contributed by atoms with Crippen LogP contribution < -0.4 is 45.1 Å². The monoisotopic (exact) mass is 812 g/mol. The summed E-state index contributed by atoms with van der Waals surface area (Å²) in [7, 11) is 0. The van der Waals surface area contributed by atoms with Crippen LogP contribution >= 0.6 is 0 Å². The molecule has 7 aromatic carbocycles. The van der Waals surface area contributed by atoms with E-state index in [9.17, 15) is 0 Å². The molecule has 0 unspecified atom stereocenters. The van der Waals surface area contributed by atoms with Gasteiger partial charge in [0.25, 0.3) is 6.71 Å². The molecule has 12 rings (SSSR count). The van der Waals surface area contributed by atoms with Gasteiger partial charge in [-0.1, -0.05) is 128 Å². The minimum Gasteiger partial charge on any atom is -0.454 e. The van der Waals surface area contributed by atoms with Crippen molar-refractivity contribution in [3.8, 4) is 45.3 Å². The second-order valence-electron chi connectivity index (χ2n) is 20.0. The molecule has 306 valence electrons. The summed E-state index contributed by atoms with van der Waals surface area (Å²) in [5, 5.41) is 0. The van der Waals surface area contributed by atoms with E-state index >= 15 is 0 Å². The zero-order valence-electron chi connectivity index (χ0n) is 36.6. The second-order valence-corrected chi connectivity index (χ2v) is 20.0. The average Bonchev–Trinajstić information content (AvgIpc) is 4.00. The van der Waals surface area contributed by atoms with Crippen molar-refractivity contribution < 1.29 is 18.9 Å². The van der Waals surface area contributed by atoms with Gasteiger partial charge in [0.1, 0.15) is 0 Å². The lowest BCUT2D eigenvalue weighted by Crippen LogP contribution is -2.61. The van der Waals surface area contributed by atoms with E-state index in [1.165, 1.54) is 55.3 Å². The van der Waals surface area contributed by atoms with E-state index in [4.69, 9.17) is 18.9 Å². The molecule has 7 heteroatoms. The molecule has 0 N–H and O–H groups in total. The Kier molecular flexibility index (Phi) is 7.64. The van der Waals surface area contributed by atoms with Gasteiger partial charge in [0.05, 0.1) is 11.4 Å². The number of ether oxygens (including phenoxy) is 4. The van der Waals surface area contributed by atoms with Crippen molar-refractivity contribution in [2.45, 2.75) is 71.6 Å². The fourth-order valence-corrected chi connectivity index (χ4v) is 10.7. The Morgan fingerprint density at radius 3 is 1.55 bits per heavy atom. The van der Waals surface area contributed by atoms with Gasteiger partial charge in [-0.2, -0.15) is 0 Å². The molecule has 0 fully saturated rings. The summed E-state index contributed by atoms with van der Waals surface area (Å²) in [6.45, 7) is 18.8. The third kappa shape index (κ3) is 5.23. The van der Waals surface area contributed by atoms with Gasteiger partial charge in [-0.15, -0.1) is 0 Å². The van der Waals surface area contributed by atoms with Crippen LogP contribution in [-0.4, -0.2) is 20.3 Å². The first-order valence-corrected chi connectivity index (χ1v) is 21.9. The van der Waals surface area contributed by atoms with Gasteiger partial charge in [0.15, 0.2) is 23.0 Å². The molecule has 0 atom stereocenters. The predicted molar refractivity (Wildman–Crippen MR) is 253 cm³/mol. The Morgan fingerprint density at radius 1 is 0.468 bits per heavy atom. The Balaban J connectivity index is 1.20. The number of anilines is 6. The number of hydrogen-bond donors (Lipinski definition) is 0. The fraction of sp³-hybridized carbons (Fsp3) is 0.236. The number of hydrogen-bond acceptors (Lipinski definition) is 6. The van der Waals surface area contributed by atoms with Gasteiger partial charge in [0, 0.05) is 28.2 Å². The minimum atomic E-state index is -0.148. The van der Waals surface area contributed by atoms with Crippen LogP contribution in [0, 0.1) is 0 Å². The Bertz CT molecular complexity index is 2920.